The van der Waals surface area contributed by atoms with Gasteiger partial charge < -0.3 is 25.6 Å². The van der Waals surface area contributed by atoms with Crippen LogP contribution in [0.4, 0.5) is 0 Å². The summed E-state index contributed by atoms with van der Waals surface area (Å²) in [6, 6.07) is 4.82. The minimum Gasteiger partial charge on any atom is -0.505 e. The molecule has 4 N–H and O–H groups in total. The molecule has 0 fully saturated rings. The fourth-order valence-electron chi connectivity index (χ4n) is 2.05. The average Bonchev–Trinajstić information content (AvgIpc) is 2.49. The van der Waals surface area contributed by atoms with Crippen LogP contribution < -0.4 is 10.5 Å². The van der Waals surface area contributed by atoms with Crippen LogP contribution in [0.15, 0.2) is 18.2 Å². The van der Waals surface area contributed by atoms with Gasteiger partial charge in [-0.05, 0) is 46.1 Å². The van der Waals surface area contributed by atoms with Gasteiger partial charge in [0.05, 0.1) is 12.6 Å². The summed E-state index contributed by atoms with van der Waals surface area (Å²) in [4.78, 5) is 26.3. The second-order valence-electron chi connectivity index (χ2n) is 5.98. The number of amides is 1. The van der Waals surface area contributed by atoms with Gasteiger partial charge in [-0.25, -0.2) is 9.78 Å². The molecule has 1 amide bonds. The third-order valence-electron chi connectivity index (χ3n) is 2.95. The molecule has 26 heavy (non-hydrogen) atoms. The summed E-state index contributed by atoms with van der Waals surface area (Å²) in [6.07, 6.45) is -0.00363. The summed E-state index contributed by atoms with van der Waals surface area (Å²) in [5.74, 6) is -1.44. The van der Waals surface area contributed by atoms with Crippen molar-refractivity contribution in [3.05, 3.63) is 29.0 Å². The molecule has 142 valence electrons. The largest absolute Gasteiger partial charge is 0.505 e. The summed E-state index contributed by atoms with van der Waals surface area (Å²) in [5, 5.41) is 19.6. The monoisotopic (exact) mass is 383 g/mol. The number of ether oxygens (including phenoxy) is 1. The van der Waals surface area contributed by atoms with E-state index < -0.39 is 17.4 Å². The zero-order chi connectivity index (χ0) is 20.0. The van der Waals surface area contributed by atoms with E-state index in [0.29, 0.717) is 23.1 Å². The van der Waals surface area contributed by atoms with Gasteiger partial charge in [0.25, 0.3) is 0 Å². The topological polar surface area (TPSA) is 126 Å². The Kier molecular flexibility index (Phi) is 7.60. The van der Waals surface area contributed by atoms with Crippen LogP contribution in [0.3, 0.4) is 0 Å². The van der Waals surface area contributed by atoms with Crippen molar-refractivity contribution in [2.45, 2.75) is 20.0 Å². The molecule has 9 heteroatoms. The zero-order valence-electron chi connectivity index (χ0n) is 15.0. The number of aromatic carboxylic acids is 1. The number of carbonyl (C=O) groups is 2. The van der Waals surface area contributed by atoms with Gasteiger partial charge in [-0.1, -0.05) is 11.6 Å². The lowest BCUT2D eigenvalue weighted by molar-refractivity contribution is -0.118. The highest BCUT2D eigenvalue weighted by atomic mass is 35.5. The number of likely N-dealkylation sites (N-methyl/N-ethyl adjacent to an activating group) is 1. The number of rotatable bonds is 5. The maximum atomic E-state index is 10.9. The van der Waals surface area contributed by atoms with Crippen LogP contribution >= 0.6 is 11.6 Å². The Labute approximate surface area is 156 Å². The average molecular weight is 384 g/mol. The Bertz CT molecular complexity index is 809. The molecule has 0 aliphatic carbocycles. The third kappa shape index (κ3) is 6.05. The van der Waals surface area contributed by atoms with Crippen molar-refractivity contribution in [1.29, 1.82) is 0 Å². The molecule has 1 heterocycles. The van der Waals surface area contributed by atoms with Crippen molar-refractivity contribution in [2.24, 2.45) is 5.73 Å². The van der Waals surface area contributed by atoms with Crippen molar-refractivity contribution in [1.82, 2.24) is 9.88 Å². The van der Waals surface area contributed by atoms with Crippen molar-refractivity contribution < 1.29 is 24.5 Å². The molecule has 0 aliphatic rings. The Hall–Kier alpha value is -2.58. The van der Waals surface area contributed by atoms with E-state index in [9.17, 15) is 14.7 Å². The summed E-state index contributed by atoms with van der Waals surface area (Å²) in [6.45, 7) is 4.10. The summed E-state index contributed by atoms with van der Waals surface area (Å²) in [7, 11) is 3.59. The summed E-state index contributed by atoms with van der Waals surface area (Å²) >= 11 is 5.95. The normalized spacial score (nSPS) is 10.6. The molecule has 1 aromatic heterocycles. The number of aromatic hydroxyl groups is 1. The van der Waals surface area contributed by atoms with E-state index in [1.54, 1.807) is 37.2 Å². The Morgan fingerprint density at radius 1 is 1.31 bits per heavy atom. The molecule has 2 rings (SSSR count). The summed E-state index contributed by atoms with van der Waals surface area (Å²) < 4.78 is 5.51. The van der Waals surface area contributed by atoms with E-state index >= 15 is 0 Å². The van der Waals surface area contributed by atoms with Crippen LogP contribution in [-0.2, 0) is 4.79 Å². The molecule has 0 spiro atoms. The number of aromatic nitrogens is 1. The summed E-state index contributed by atoms with van der Waals surface area (Å²) in [5.41, 5.74) is 4.35. The highest BCUT2D eigenvalue weighted by Crippen LogP contribution is 2.34. The first-order valence-electron chi connectivity index (χ1n) is 7.68. The van der Waals surface area contributed by atoms with Gasteiger partial charge in [-0.2, -0.15) is 0 Å². The molecular formula is C17H22ClN3O5. The number of nitrogens with two attached hydrogens (primary N) is 1. The van der Waals surface area contributed by atoms with Crippen LogP contribution in [0.1, 0.15) is 24.3 Å². The van der Waals surface area contributed by atoms with E-state index in [-0.39, 0.29) is 17.2 Å². The van der Waals surface area contributed by atoms with Crippen molar-refractivity contribution >= 4 is 34.2 Å². The van der Waals surface area contributed by atoms with Gasteiger partial charge in [-0.3, -0.25) is 4.79 Å². The first kappa shape index (κ1) is 21.5. The number of carbonyl (C=O) groups excluding carboxylic acids is 1. The number of hydrogen-bond acceptors (Lipinski definition) is 6. The number of hydrogen-bond donors (Lipinski definition) is 3. The standard InChI is InChI=1S/C13H12ClNO4.C4H10N2O/c1-6(2)19-7-3-4-8-9(5-7)12(14)15-10(11(8)16)13(17)18;1-6(2)3-4(5)7/h3-6,16H,1-2H3,(H,17,18);3H2,1-2H3,(H2,5,7). The first-order valence-corrected chi connectivity index (χ1v) is 8.06. The van der Waals surface area contributed by atoms with Gasteiger partial charge >= 0.3 is 5.97 Å². The van der Waals surface area contributed by atoms with Crippen molar-refractivity contribution in [3.63, 3.8) is 0 Å². The molecule has 0 unspecified atom stereocenters. The van der Waals surface area contributed by atoms with E-state index in [4.69, 9.17) is 27.2 Å². The van der Waals surface area contributed by atoms with Crippen molar-refractivity contribution in [2.75, 3.05) is 20.6 Å². The smallest absolute Gasteiger partial charge is 0.358 e. The number of nitrogens with zero attached hydrogens (tertiary/aromatic N) is 2. The van der Waals surface area contributed by atoms with Gasteiger partial charge in [0.2, 0.25) is 5.91 Å². The van der Waals surface area contributed by atoms with E-state index in [1.165, 1.54) is 0 Å². The Morgan fingerprint density at radius 2 is 1.92 bits per heavy atom. The number of carboxylic acid groups (broad SMARTS) is 1. The van der Waals surface area contributed by atoms with Gasteiger partial charge in [0.1, 0.15) is 10.9 Å². The minimum absolute atomic E-state index is 0.00363. The molecule has 1 aromatic carbocycles. The lowest BCUT2D eigenvalue weighted by Crippen LogP contribution is -2.27. The highest BCUT2D eigenvalue weighted by Gasteiger charge is 2.18. The second-order valence-corrected chi connectivity index (χ2v) is 6.34. The number of fused-ring (bicyclic) bond motifs is 1. The third-order valence-corrected chi connectivity index (χ3v) is 3.24. The first-order chi connectivity index (χ1) is 12.0. The molecule has 0 saturated carbocycles. The maximum absolute atomic E-state index is 10.9. The van der Waals surface area contributed by atoms with E-state index in [2.05, 4.69) is 4.98 Å². The highest BCUT2D eigenvalue weighted by molar-refractivity contribution is 6.34. The maximum Gasteiger partial charge on any atom is 0.358 e. The van der Waals surface area contributed by atoms with Crippen molar-refractivity contribution in [3.8, 4) is 11.5 Å². The minimum atomic E-state index is -1.33. The molecule has 0 radical (unpaired) electrons. The van der Waals surface area contributed by atoms with Gasteiger partial charge in [0, 0.05) is 10.8 Å². The molecule has 0 saturated heterocycles. The van der Waals surface area contributed by atoms with Crippen LogP contribution in [-0.4, -0.2) is 58.7 Å². The molecule has 8 nitrogen and oxygen atoms in total. The number of pyridine rings is 1. The molecule has 2 aromatic rings. The predicted octanol–water partition coefficient (Wildman–Crippen LogP) is 2.11. The fraction of sp³-hybridized carbons (Fsp3) is 0.353. The number of benzene rings is 1. The molecule has 0 bridgehead atoms. The fourth-order valence-corrected chi connectivity index (χ4v) is 2.29. The van der Waals surface area contributed by atoms with Crippen LogP contribution in [0.5, 0.6) is 11.5 Å². The Morgan fingerprint density at radius 3 is 2.35 bits per heavy atom. The van der Waals surface area contributed by atoms with Crippen LogP contribution in [0, 0.1) is 0 Å². The van der Waals surface area contributed by atoms with Crippen LogP contribution in [0.2, 0.25) is 5.15 Å². The lowest BCUT2D eigenvalue weighted by atomic mass is 10.1. The number of carboxylic acids is 1. The predicted molar refractivity (Wildman–Crippen MR) is 98.9 cm³/mol. The SMILES string of the molecule is CC(C)Oc1ccc2c(O)c(C(=O)O)nc(Cl)c2c1.CN(C)CC(N)=O. The number of primary amides is 1. The molecule has 0 atom stereocenters. The van der Waals surface area contributed by atoms with Gasteiger partial charge in [0.15, 0.2) is 11.4 Å². The van der Waals surface area contributed by atoms with Gasteiger partial charge in [-0.15, -0.1) is 0 Å². The lowest BCUT2D eigenvalue weighted by Gasteiger charge is -2.12. The zero-order valence-corrected chi connectivity index (χ0v) is 15.7. The molecule has 0 aliphatic heterocycles. The molecular weight excluding hydrogens is 362 g/mol. The quantitative estimate of drug-likeness (QED) is 0.675. The second kappa shape index (κ2) is 9.21. The Balaban J connectivity index is 0.000000412. The van der Waals surface area contributed by atoms with Crippen LogP contribution in [0.25, 0.3) is 10.8 Å². The van der Waals surface area contributed by atoms with E-state index in [1.807, 2.05) is 13.8 Å². The number of halogens is 1. The van der Waals surface area contributed by atoms with E-state index in [0.717, 1.165) is 0 Å².